The molecule has 0 spiro atoms. The number of aromatic hydroxyl groups is 1. The molecule has 0 saturated heterocycles. The van der Waals surface area contributed by atoms with Crippen molar-refractivity contribution in [3.8, 4) is 22.8 Å². The monoisotopic (exact) mass is 325 g/mol. The highest BCUT2D eigenvalue weighted by Gasteiger charge is 2.34. The summed E-state index contributed by atoms with van der Waals surface area (Å²) in [7, 11) is 0. The van der Waals surface area contributed by atoms with Crippen molar-refractivity contribution in [1.82, 2.24) is 25.0 Å². The second-order valence-corrected chi connectivity index (χ2v) is 4.47. The summed E-state index contributed by atoms with van der Waals surface area (Å²) in [5.41, 5.74) is -0.774. The Kier molecular flexibility index (Phi) is 3.43. The number of aromatic nitrogens is 5. The maximum Gasteiger partial charge on any atom is 0.436 e. The fourth-order valence-corrected chi connectivity index (χ4v) is 1.92. The SMILES string of the molecule is Oc1cc(-c2ccc(F)cc2-n2cc(C(F)(F)F)nn2)ncn1. The molecule has 0 aliphatic carbocycles. The third kappa shape index (κ3) is 2.96. The molecule has 0 radical (unpaired) electrons. The van der Waals surface area contributed by atoms with Crippen LogP contribution in [0.2, 0.25) is 0 Å². The third-order valence-electron chi connectivity index (χ3n) is 2.92. The summed E-state index contributed by atoms with van der Waals surface area (Å²) in [6.07, 6.45) is -2.96. The Morgan fingerprint density at radius 1 is 1.09 bits per heavy atom. The van der Waals surface area contributed by atoms with Gasteiger partial charge in [0.15, 0.2) is 5.69 Å². The van der Waals surface area contributed by atoms with Gasteiger partial charge in [-0.05, 0) is 12.1 Å². The van der Waals surface area contributed by atoms with Crippen LogP contribution < -0.4 is 0 Å². The van der Waals surface area contributed by atoms with Gasteiger partial charge in [-0.2, -0.15) is 13.2 Å². The van der Waals surface area contributed by atoms with Crippen LogP contribution in [0.3, 0.4) is 0 Å². The molecule has 0 saturated carbocycles. The van der Waals surface area contributed by atoms with E-state index in [2.05, 4.69) is 20.3 Å². The molecular weight excluding hydrogens is 318 g/mol. The smallest absolute Gasteiger partial charge is 0.436 e. The first-order chi connectivity index (χ1) is 10.8. The van der Waals surface area contributed by atoms with E-state index < -0.39 is 17.7 Å². The van der Waals surface area contributed by atoms with Gasteiger partial charge in [0.25, 0.3) is 0 Å². The summed E-state index contributed by atoms with van der Waals surface area (Å²) in [6, 6.07) is 4.60. The molecule has 0 atom stereocenters. The first-order valence-electron chi connectivity index (χ1n) is 6.15. The van der Waals surface area contributed by atoms with E-state index in [-0.39, 0.29) is 22.8 Å². The van der Waals surface area contributed by atoms with Crippen molar-refractivity contribution in [1.29, 1.82) is 0 Å². The Labute approximate surface area is 126 Å². The highest BCUT2D eigenvalue weighted by Crippen LogP contribution is 2.30. The van der Waals surface area contributed by atoms with Crippen LogP contribution in [0.25, 0.3) is 16.9 Å². The number of nitrogens with zero attached hydrogens (tertiary/aromatic N) is 5. The lowest BCUT2D eigenvalue weighted by molar-refractivity contribution is -0.141. The molecule has 23 heavy (non-hydrogen) atoms. The molecule has 1 N–H and O–H groups in total. The van der Waals surface area contributed by atoms with Crippen LogP contribution in [0, 0.1) is 5.82 Å². The molecule has 0 amide bonds. The summed E-state index contributed by atoms with van der Waals surface area (Å²) in [5, 5.41) is 15.8. The molecule has 118 valence electrons. The van der Waals surface area contributed by atoms with Crippen LogP contribution in [0.15, 0.2) is 36.8 Å². The van der Waals surface area contributed by atoms with Gasteiger partial charge < -0.3 is 5.11 Å². The van der Waals surface area contributed by atoms with Crippen molar-refractivity contribution in [2.24, 2.45) is 0 Å². The Morgan fingerprint density at radius 3 is 2.52 bits per heavy atom. The van der Waals surface area contributed by atoms with E-state index in [1.165, 1.54) is 12.1 Å². The summed E-state index contributed by atoms with van der Waals surface area (Å²) in [5.74, 6) is -1.01. The minimum Gasteiger partial charge on any atom is -0.493 e. The fraction of sp³-hybridized carbons (Fsp3) is 0.0769. The summed E-state index contributed by atoms with van der Waals surface area (Å²) in [4.78, 5) is 7.41. The van der Waals surface area contributed by atoms with Crippen LogP contribution in [0.5, 0.6) is 5.88 Å². The molecule has 3 rings (SSSR count). The lowest BCUT2D eigenvalue weighted by Crippen LogP contribution is -2.05. The number of halogens is 4. The van der Waals surface area contributed by atoms with E-state index >= 15 is 0 Å². The van der Waals surface area contributed by atoms with Gasteiger partial charge in [0.2, 0.25) is 5.88 Å². The van der Waals surface area contributed by atoms with E-state index in [4.69, 9.17) is 0 Å². The van der Waals surface area contributed by atoms with Gasteiger partial charge >= 0.3 is 6.18 Å². The standard InChI is InChI=1S/C13H7F4N5O/c14-7-1-2-8(9-4-12(23)19-6-18-9)10(3-7)22-5-11(20-21-22)13(15,16)17/h1-6H,(H,18,19,23). The summed E-state index contributed by atoms with van der Waals surface area (Å²) >= 11 is 0. The molecular formula is C13H7F4N5O. The normalized spacial score (nSPS) is 11.7. The Balaban J connectivity index is 2.15. The summed E-state index contributed by atoms with van der Waals surface area (Å²) in [6.45, 7) is 0. The van der Waals surface area contributed by atoms with Crippen LogP contribution >= 0.6 is 0 Å². The quantitative estimate of drug-likeness (QED) is 0.733. The van der Waals surface area contributed by atoms with Crippen LogP contribution in [-0.4, -0.2) is 30.1 Å². The zero-order valence-electron chi connectivity index (χ0n) is 11.2. The van der Waals surface area contributed by atoms with Crippen molar-refractivity contribution in [2.75, 3.05) is 0 Å². The van der Waals surface area contributed by atoms with E-state index in [1.54, 1.807) is 0 Å². The maximum atomic E-state index is 13.5. The fourth-order valence-electron chi connectivity index (χ4n) is 1.92. The average molecular weight is 325 g/mol. The van der Waals surface area contributed by atoms with Crippen molar-refractivity contribution < 1.29 is 22.7 Å². The first kappa shape index (κ1) is 14.9. The van der Waals surface area contributed by atoms with Crippen LogP contribution in [0.1, 0.15) is 5.69 Å². The van der Waals surface area contributed by atoms with Gasteiger partial charge in [0.1, 0.15) is 12.1 Å². The zero-order valence-corrected chi connectivity index (χ0v) is 11.2. The van der Waals surface area contributed by atoms with E-state index in [9.17, 15) is 22.7 Å². The molecule has 1 aromatic carbocycles. The minimum absolute atomic E-state index is 0.00824. The number of rotatable bonds is 2. The third-order valence-corrected chi connectivity index (χ3v) is 2.92. The highest BCUT2D eigenvalue weighted by molar-refractivity contribution is 5.70. The molecule has 0 unspecified atom stereocenters. The molecule has 0 bridgehead atoms. The van der Waals surface area contributed by atoms with E-state index in [0.29, 0.717) is 6.20 Å². The average Bonchev–Trinajstić information content (AvgIpc) is 2.97. The Bertz CT molecular complexity index is 862. The number of benzene rings is 1. The van der Waals surface area contributed by atoms with Gasteiger partial charge in [-0.25, -0.2) is 19.0 Å². The van der Waals surface area contributed by atoms with Gasteiger partial charge in [-0.15, -0.1) is 5.10 Å². The van der Waals surface area contributed by atoms with Gasteiger partial charge in [0, 0.05) is 17.7 Å². The van der Waals surface area contributed by atoms with Gasteiger partial charge in [-0.3, -0.25) is 0 Å². The molecule has 0 aliphatic heterocycles. The second kappa shape index (κ2) is 5.30. The Morgan fingerprint density at radius 2 is 1.87 bits per heavy atom. The van der Waals surface area contributed by atoms with Crippen molar-refractivity contribution in [3.63, 3.8) is 0 Å². The zero-order chi connectivity index (χ0) is 16.6. The minimum atomic E-state index is -4.67. The lowest BCUT2D eigenvalue weighted by Gasteiger charge is -2.08. The highest BCUT2D eigenvalue weighted by atomic mass is 19.4. The van der Waals surface area contributed by atoms with E-state index in [0.717, 1.165) is 23.1 Å². The number of hydrogen-bond donors (Lipinski definition) is 1. The van der Waals surface area contributed by atoms with Crippen LogP contribution in [-0.2, 0) is 6.18 Å². The van der Waals surface area contributed by atoms with Crippen LogP contribution in [0.4, 0.5) is 17.6 Å². The Hall–Kier alpha value is -3.04. The molecule has 0 fully saturated rings. The van der Waals surface area contributed by atoms with E-state index in [1.807, 2.05) is 0 Å². The largest absolute Gasteiger partial charge is 0.493 e. The lowest BCUT2D eigenvalue weighted by atomic mass is 10.1. The predicted molar refractivity (Wildman–Crippen MR) is 69.0 cm³/mol. The molecule has 6 nitrogen and oxygen atoms in total. The summed E-state index contributed by atoms with van der Waals surface area (Å²) < 4.78 is 52.2. The first-order valence-corrected chi connectivity index (χ1v) is 6.15. The number of alkyl halides is 3. The van der Waals surface area contributed by atoms with Crippen molar-refractivity contribution >= 4 is 0 Å². The van der Waals surface area contributed by atoms with Crippen molar-refractivity contribution in [3.05, 3.63) is 48.3 Å². The number of hydrogen-bond acceptors (Lipinski definition) is 5. The van der Waals surface area contributed by atoms with Crippen molar-refractivity contribution in [2.45, 2.75) is 6.18 Å². The predicted octanol–water partition coefficient (Wildman–Crippen LogP) is 2.59. The molecule has 0 aliphatic rings. The molecule has 3 aromatic rings. The molecule has 2 aromatic heterocycles. The topological polar surface area (TPSA) is 76.7 Å². The van der Waals surface area contributed by atoms with Gasteiger partial charge in [-0.1, -0.05) is 5.21 Å². The molecule has 10 heteroatoms. The maximum absolute atomic E-state index is 13.5. The molecule has 2 heterocycles. The second-order valence-electron chi connectivity index (χ2n) is 4.47. The van der Waals surface area contributed by atoms with Gasteiger partial charge in [0.05, 0.1) is 17.6 Å².